The van der Waals surface area contributed by atoms with E-state index in [2.05, 4.69) is 29.8 Å². The van der Waals surface area contributed by atoms with E-state index in [0.717, 1.165) is 24.6 Å². The molecule has 0 spiro atoms. The van der Waals surface area contributed by atoms with E-state index in [1.165, 1.54) is 0 Å². The minimum atomic E-state index is -0.358. The van der Waals surface area contributed by atoms with E-state index in [-0.39, 0.29) is 11.4 Å². The Morgan fingerprint density at radius 3 is 2.47 bits per heavy atom. The topological polar surface area (TPSA) is 26.3 Å². The number of carbonyl (C=O) groups excluding carboxylic acids is 1. The van der Waals surface area contributed by atoms with Crippen molar-refractivity contribution in [3.63, 3.8) is 0 Å². The van der Waals surface area contributed by atoms with Crippen LogP contribution in [0.15, 0.2) is 0 Å². The molecule has 3 heteroatoms. The summed E-state index contributed by atoms with van der Waals surface area (Å²) >= 11 is 3.35. The fourth-order valence-electron chi connectivity index (χ4n) is 1.26. The van der Waals surface area contributed by atoms with E-state index in [4.69, 9.17) is 4.74 Å². The second kappa shape index (κ2) is 7.26. The first-order valence-corrected chi connectivity index (χ1v) is 6.82. The van der Waals surface area contributed by atoms with Crippen LogP contribution >= 0.6 is 15.9 Å². The molecule has 0 radical (unpaired) electrons. The first-order valence-electron chi connectivity index (χ1n) is 5.70. The fraction of sp³-hybridized carbons (Fsp3) is 0.917. The molecule has 0 aliphatic carbocycles. The number of carbonyl (C=O) groups is 1. The molecule has 15 heavy (non-hydrogen) atoms. The van der Waals surface area contributed by atoms with Crippen molar-refractivity contribution < 1.29 is 9.53 Å². The second-order valence-electron chi connectivity index (χ2n) is 4.56. The molecule has 0 saturated heterocycles. The Bertz CT molecular complexity index is 190. The minimum absolute atomic E-state index is 0.0635. The van der Waals surface area contributed by atoms with E-state index in [0.29, 0.717) is 12.5 Å². The Labute approximate surface area is 102 Å². The zero-order valence-electron chi connectivity index (χ0n) is 10.3. The molecule has 0 aromatic heterocycles. The Kier molecular flexibility index (Phi) is 7.24. The number of esters is 1. The van der Waals surface area contributed by atoms with Gasteiger partial charge in [-0.25, -0.2) is 0 Å². The summed E-state index contributed by atoms with van der Waals surface area (Å²) < 4.78 is 5.27. The molecule has 0 N–H and O–H groups in total. The molecule has 90 valence electrons. The van der Waals surface area contributed by atoms with Crippen molar-refractivity contribution in [3.8, 4) is 0 Å². The highest BCUT2D eigenvalue weighted by molar-refractivity contribution is 9.09. The lowest BCUT2D eigenvalue weighted by Crippen LogP contribution is -2.33. The molecule has 0 fully saturated rings. The summed E-state index contributed by atoms with van der Waals surface area (Å²) in [6.07, 6.45) is 2.99. The maximum Gasteiger partial charge on any atom is 0.311 e. The number of alkyl halides is 1. The van der Waals surface area contributed by atoms with Gasteiger partial charge in [0.2, 0.25) is 0 Å². The van der Waals surface area contributed by atoms with Crippen LogP contribution in [0.25, 0.3) is 0 Å². The van der Waals surface area contributed by atoms with E-state index < -0.39 is 0 Å². The van der Waals surface area contributed by atoms with Gasteiger partial charge in [-0.2, -0.15) is 0 Å². The van der Waals surface area contributed by atoms with Crippen molar-refractivity contribution in [1.82, 2.24) is 0 Å². The molecule has 1 unspecified atom stereocenters. The summed E-state index contributed by atoms with van der Waals surface area (Å²) in [6, 6.07) is 0. The number of ether oxygens (including phenoxy) is 1. The lowest BCUT2D eigenvalue weighted by molar-refractivity contribution is -0.157. The lowest BCUT2D eigenvalue weighted by Gasteiger charge is -2.28. The molecule has 0 aliphatic heterocycles. The van der Waals surface area contributed by atoms with E-state index >= 15 is 0 Å². The van der Waals surface area contributed by atoms with Gasteiger partial charge in [0.15, 0.2) is 0 Å². The van der Waals surface area contributed by atoms with Crippen LogP contribution in [0, 0.1) is 11.3 Å². The third-order valence-electron chi connectivity index (χ3n) is 3.13. The van der Waals surface area contributed by atoms with Crippen molar-refractivity contribution >= 4 is 21.9 Å². The van der Waals surface area contributed by atoms with Gasteiger partial charge in [-0.3, -0.25) is 4.79 Å². The highest BCUT2D eigenvalue weighted by Gasteiger charge is 2.34. The molecule has 2 nitrogen and oxygen atoms in total. The van der Waals surface area contributed by atoms with E-state index in [1.807, 2.05) is 13.8 Å². The van der Waals surface area contributed by atoms with Gasteiger partial charge in [-0.15, -0.1) is 0 Å². The van der Waals surface area contributed by atoms with Crippen LogP contribution in [-0.4, -0.2) is 17.9 Å². The quantitative estimate of drug-likeness (QED) is 0.403. The first-order chi connectivity index (χ1) is 6.96. The third-order valence-corrected chi connectivity index (χ3v) is 3.69. The van der Waals surface area contributed by atoms with Crippen molar-refractivity contribution in [3.05, 3.63) is 0 Å². The third kappa shape index (κ3) is 5.01. The van der Waals surface area contributed by atoms with Crippen molar-refractivity contribution in [2.24, 2.45) is 11.3 Å². The molecule has 0 aliphatic rings. The Morgan fingerprint density at radius 2 is 2.00 bits per heavy atom. The predicted octanol–water partition coefficient (Wildman–Crippen LogP) is 3.78. The van der Waals surface area contributed by atoms with Crippen molar-refractivity contribution in [1.29, 1.82) is 0 Å². The van der Waals surface area contributed by atoms with E-state index in [9.17, 15) is 4.79 Å². The van der Waals surface area contributed by atoms with Crippen LogP contribution in [0.2, 0.25) is 0 Å². The molecule has 0 heterocycles. The Balaban J connectivity index is 3.97. The highest BCUT2D eigenvalue weighted by atomic mass is 79.9. The van der Waals surface area contributed by atoms with Crippen LogP contribution in [0.3, 0.4) is 0 Å². The van der Waals surface area contributed by atoms with Gasteiger partial charge < -0.3 is 4.74 Å². The molecule has 0 aromatic carbocycles. The van der Waals surface area contributed by atoms with Crippen LogP contribution in [0.5, 0.6) is 0 Å². The van der Waals surface area contributed by atoms with Gasteiger partial charge in [-0.1, -0.05) is 36.2 Å². The Morgan fingerprint density at radius 1 is 1.40 bits per heavy atom. The second-order valence-corrected chi connectivity index (χ2v) is 5.36. The first kappa shape index (κ1) is 14.9. The standard InChI is InChI=1S/C12H23BrO2/c1-5-10(2)12(3,4)11(14)15-9-7-6-8-13/h10H,5-9H2,1-4H3. The molecular formula is C12H23BrO2. The molecule has 0 saturated carbocycles. The summed E-state index contributed by atoms with van der Waals surface area (Å²) in [5.74, 6) is 0.299. The monoisotopic (exact) mass is 278 g/mol. The average molecular weight is 279 g/mol. The number of hydrogen-bond donors (Lipinski definition) is 0. The molecule has 0 rings (SSSR count). The zero-order chi connectivity index (χ0) is 11.9. The van der Waals surface area contributed by atoms with Gasteiger partial charge >= 0.3 is 5.97 Å². The van der Waals surface area contributed by atoms with Gasteiger partial charge in [0.1, 0.15) is 0 Å². The molecule has 0 bridgehead atoms. The summed E-state index contributed by atoms with van der Waals surface area (Å²) in [7, 11) is 0. The lowest BCUT2D eigenvalue weighted by atomic mass is 9.78. The minimum Gasteiger partial charge on any atom is -0.465 e. The van der Waals surface area contributed by atoms with Gasteiger partial charge in [0.25, 0.3) is 0 Å². The molecule has 1 atom stereocenters. The van der Waals surface area contributed by atoms with Crippen molar-refractivity contribution in [2.75, 3.05) is 11.9 Å². The SMILES string of the molecule is CCC(C)C(C)(C)C(=O)OCCCCBr. The normalized spacial score (nSPS) is 13.7. The average Bonchev–Trinajstić information content (AvgIpc) is 2.22. The largest absolute Gasteiger partial charge is 0.465 e. The summed E-state index contributed by atoms with van der Waals surface area (Å²) in [6.45, 7) is 8.68. The van der Waals surface area contributed by atoms with Gasteiger partial charge in [0.05, 0.1) is 12.0 Å². The number of hydrogen-bond acceptors (Lipinski definition) is 2. The summed E-state index contributed by atoms with van der Waals surface area (Å²) in [4.78, 5) is 11.8. The number of rotatable bonds is 7. The smallest absolute Gasteiger partial charge is 0.311 e. The predicted molar refractivity (Wildman–Crippen MR) is 67.2 cm³/mol. The summed E-state index contributed by atoms with van der Waals surface area (Å²) in [5, 5.41) is 0.972. The van der Waals surface area contributed by atoms with Crippen LogP contribution in [-0.2, 0) is 9.53 Å². The van der Waals surface area contributed by atoms with Gasteiger partial charge in [0, 0.05) is 5.33 Å². The number of unbranched alkanes of at least 4 members (excludes halogenated alkanes) is 1. The fourth-order valence-corrected chi connectivity index (χ4v) is 1.66. The van der Waals surface area contributed by atoms with Crippen LogP contribution < -0.4 is 0 Å². The number of halogens is 1. The zero-order valence-corrected chi connectivity index (χ0v) is 11.9. The molecular weight excluding hydrogens is 256 g/mol. The maximum absolute atomic E-state index is 11.8. The Hall–Kier alpha value is -0.0500. The molecule has 0 aromatic rings. The molecule has 0 amide bonds. The van der Waals surface area contributed by atoms with Crippen LogP contribution in [0.1, 0.15) is 47.0 Å². The maximum atomic E-state index is 11.8. The van der Waals surface area contributed by atoms with E-state index in [1.54, 1.807) is 0 Å². The van der Waals surface area contributed by atoms with Crippen molar-refractivity contribution in [2.45, 2.75) is 47.0 Å². The highest BCUT2D eigenvalue weighted by Crippen LogP contribution is 2.30. The summed E-state index contributed by atoms with van der Waals surface area (Å²) in [5.41, 5.74) is -0.358. The van der Waals surface area contributed by atoms with Crippen LogP contribution in [0.4, 0.5) is 0 Å². The van der Waals surface area contributed by atoms with Gasteiger partial charge in [-0.05, 0) is 32.6 Å².